The Morgan fingerprint density at radius 3 is 2.31 bits per heavy atom. The normalized spacial score (nSPS) is 13.8. The van der Waals surface area contributed by atoms with Gasteiger partial charge in [0.1, 0.15) is 0 Å². The number of rotatable bonds is 5. The van der Waals surface area contributed by atoms with Gasteiger partial charge >= 0.3 is 0 Å². The lowest BCUT2D eigenvalue weighted by molar-refractivity contribution is -0.0405. The van der Waals surface area contributed by atoms with Crippen molar-refractivity contribution in [3.8, 4) is 0 Å². The van der Waals surface area contributed by atoms with Crippen molar-refractivity contribution in [1.82, 2.24) is 0 Å². The molecule has 0 amide bonds. The highest BCUT2D eigenvalue weighted by atomic mass is 16.5. The summed E-state index contributed by atoms with van der Waals surface area (Å²) in [5.41, 5.74) is 1.24. The summed E-state index contributed by atoms with van der Waals surface area (Å²) in [6.07, 6.45) is 0.786. The van der Waals surface area contributed by atoms with E-state index >= 15 is 0 Å². The van der Waals surface area contributed by atoms with Gasteiger partial charge in [0.2, 0.25) is 0 Å². The summed E-state index contributed by atoms with van der Waals surface area (Å²) in [6.45, 7) is 7.20. The summed E-state index contributed by atoms with van der Waals surface area (Å²) in [4.78, 5) is 0. The standard InChI is InChI=1S/C14H22O2/c1-14(2,3)13(9-10-15)16-11-12-7-5-4-6-8-12/h4-8,13,15H,9-11H2,1-3H3. The molecule has 0 aliphatic heterocycles. The SMILES string of the molecule is CC(C)(C)C(CCO)OCc1ccccc1. The number of hydrogen-bond acceptors (Lipinski definition) is 2. The second-order valence-corrected chi connectivity index (χ2v) is 5.16. The van der Waals surface area contributed by atoms with Gasteiger partial charge in [-0.25, -0.2) is 0 Å². The first-order chi connectivity index (χ1) is 7.54. The van der Waals surface area contributed by atoms with E-state index in [1.54, 1.807) is 0 Å². The van der Waals surface area contributed by atoms with Gasteiger partial charge in [-0.1, -0.05) is 51.1 Å². The van der Waals surface area contributed by atoms with Gasteiger partial charge in [-0.2, -0.15) is 0 Å². The number of aliphatic hydroxyl groups is 1. The van der Waals surface area contributed by atoms with E-state index in [4.69, 9.17) is 9.84 Å². The summed E-state index contributed by atoms with van der Waals surface area (Å²) in [7, 11) is 0. The van der Waals surface area contributed by atoms with Crippen molar-refractivity contribution < 1.29 is 9.84 Å². The molecule has 0 fully saturated rings. The van der Waals surface area contributed by atoms with Crippen LogP contribution >= 0.6 is 0 Å². The quantitative estimate of drug-likeness (QED) is 0.830. The third kappa shape index (κ3) is 4.33. The van der Waals surface area contributed by atoms with Crippen LogP contribution in [0, 0.1) is 5.41 Å². The molecular weight excluding hydrogens is 200 g/mol. The zero-order valence-corrected chi connectivity index (χ0v) is 10.4. The molecule has 0 aliphatic rings. The molecule has 0 spiro atoms. The molecule has 0 radical (unpaired) electrons. The predicted molar refractivity (Wildman–Crippen MR) is 66.2 cm³/mol. The number of benzene rings is 1. The smallest absolute Gasteiger partial charge is 0.0720 e. The van der Waals surface area contributed by atoms with Crippen LogP contribution in [0.1, 0.15) is 32.8 Å². The molecule has 2 heteroatoms. The lowest BCUT2D eigenvalue weighted by Gasteiger charge is -2.30. The van der Waals surface area contributed by atoms with Gasteiger partial charge in [-0.05, 0) is 17.4 Å². The molecule has 1 aromatic carbocycles. The van der Waals surface area contributed by atoms with Gasteiger partial charge in [-0.15, -0.1) is 0 Å². The maximum atomic E-state index is 9.02. The zero-order valence-electron chi connectivity index (χ0n) is 10.4. The van der Waals surface area contributed by atoms with E-state index in [0.29, 0.717) is 13.0 Å². The summed E-state index contributed by atoms with van der Waals surface area (Å²) < 4.78 is 5.87. The largest absolute Gasteiger partial charge is 0.396 e. The zero-order chi connectivity index (χ0) is 12.0. The van der Waals surface area contributed by atoms with Crippen molar-refractivity contribution in [3.63, 3.8) is 0 Å². The van der Waals surface area contributed by atoms with Crippen LogP contribution in [-0.4, -0.2) is 17.8 Å². The van der Waals surface area contributed by atoms with Crippen molar-refractivity contribution in [2.24, 2.45) is 5.41 Å². The minimum atomic E-state index is 0.0670. The number of ether oxygens (including phenoxy) is 1. The topological polar surface area (TPSA) is 29.5 Å². The minimum Gasteiger partial charge on any atom is -0.396 e. The first kappa shape index (κ1) is 13.2. The van der Waals surface area contributed by atoms with Crippen LogP contribution in [0.25, 0.3) is 0 Å². The Morgan fingerprint density at radius 2 is 1.81 bits per heavy atom. The fraction of sp³-hybridized carbons (Fsp3) is 0.571. The predicted octanol–water partition coefficient (Wildman–Crippen LogP) is 3.00. The molecule has 0 aliphatic carbocycles. The van der Waals surface area contributed by atoms with E-state index in [1.807, 2.05) is 18.2 Å². The van der Waals surface area contributed by atoms with E-state index in [1.165, 1.54) is 5.56 Å². The first-order valence-corrected chi connectivity index (χ1v) is 5.80. The highest BCUT2D eigenvalue weighted by Gasteiger charge is 2.24. The van der Waals surface area contributed by atoms with E-state index in [-0.39, 0.29) is 18.1 Å². The van der Waals surface area contributed by atoms with Crippen LogP contribution in [0.15, 0.2) is 30.3 Å². The van der Waals surface area contributed by atoms with Gasteiger partial charge < -0.3 is 9.84 Å². The highest BCUT2D eigenvalue weighted by Crippen LogP contribution is 2.25. The molecule has 90 valence electrons. The molecular formula is C14H22O2. The summed E-state index contributed by atoms with van der Waals surface area (Å²) in [5, 5.41) is 9.02. The van der Waals surface area contributed by atoms with Crippen LogP contribution in [0.3, 0.4) is 0 Å². The van der Waals surface area contributed by atoms with E-state index in [2.05, 4.69) is 32.9 Å². The Bertz CT molecular complexity index is 287. The van der Waals surface area contributed by atoms with Crippen LogP contribution in [-0.2, 0) is 11.3 Å². The fourth-order valence-electron chi connectivity index (χ4n) is 1.65. The van der Waals surface area contributed by atoms with Gasteiger partial charge in [0.25, 0.3) is 0 Å². The van der Waals surface area contributed by atoms with Gasteiger partial charge in [0.15, 0.2) is 0 Å². The molecule has 1 N–H and O–H groups in total. The van der Waals surface area contributed by atoms with Gasteiger partial charge in [0.05, 0.1) is 12.7 Å². The molecule has 16 heavy (non-hydrogen) atoms. The maximum absolute atomic E-state index is 9.02. The Labute approximate surface area is 98.3 Å². The molecule has 0 saturated carbocycles. The average Bonchev–Trinajstić information content (AvgIpc) is 2.24. The monoisotopic (exact) mass is 222 g/mol. The van der Waals surface area contributed by atoms with Gasteiger partial charge in [-0.3, -0.25) is 0 Å². The third-order valence-electron chi connectivity index (χ3n) is 2.65. The Morgan fingerprint density at radius 1 is 1.19 bits per heavy atom. The summed E-state index contributed by atoms with van der Waals surface area (Å²) >= 11 is 0. The molecule has 1 aromatic rings. The third-order valence-corrected chi connectivity index (χ3v) is 2.65. The van der Waals surface area contributed by atoms with E-state index < -0.39 is 0 Å². The molecule has 0 saturated heterocycles. The molecule has 0 bridgehead atoms. The minimum absolute atomic E-state index is 0.0670. The van der Waals surface area contributed by atoms with Crippen LogP contribution in [0.2, 0.25) is 0 Å². The molecule has 1 rings (SSSR count). The fourth-order valence-corrected chi connectivity index (χ4v) is 1.65. The molecule has 0 heterocycles. The van der Waals surface area contributed by atoms with E-state index in [9.17, 15) is 0 Å². The van der Waals surface area contributed by atoms with Crippen LogP contribution < -0.4 is 0 Å². The van der Waals surface area contributed by atoms with Crippen LogP contribution in [0.4, 0.5) is 0 Å². The number of aliphatic hydroxyl groups excluding tert-OH is 1. The highest BCUT2D eigenvalue weighted by molar-refractivity contribution is 5.13. The Hall–Kier alpha value is -0.860. The van der Waals surface area contributed by atoms with Crippen molar-refractivity contribution in [1.29, 1.82) is 0 Å². The van der Waals surface area contributed by atoms with Crippen molar-refractivity contribution in [2.75, 3.05) is 6.61 Å². The lowest BCUT2D eigenvalue weighted by atomic mass is 9.87. The van der Waals surface area contributed by atoms with Crippen molar-refractivity contribution >= 4 is 0 Å². The lowest BCUT2D eigenvalue weighted by Crippen LogP contribution is -2.30. The molecule has 1 atom stereocenters. The Kier molecular flexibility index (Phi) is 4.97. The molecule has 1 unspecified atom stereocenters. The first-order valence-electron chi connectivity index (χ1n) is 5.80. The van der Waals surface area contributed by atoms with E-state index in [0.717, 1.165) is 0 Å². The Balaban J connectivity index is 2.51. The van der Waals surface area contributed by atoms with Gasteiger partial charge in [0, 0.05) is 6.61 Å². The van der Waals surface area contributed by atoms with Crippen molar-refractivity contribution in [3.05, 3.63) is 35.9 Å². The number of hydrogen-bond donors (Lipinski definition) is 1. The second-order valence-electron chi connectivity index (χ2n) is 5.16. The summed E-state index contributed by atoms with van der Waals surface area (Å²) in [6, 6.07) is 10.1. The average molecular weight is 222 g/mol. The second kappa shape index (κ2) is 6.02. The van der Waals surface area contributed by atoms with Crippen LogP contribution in [0.5, 0.6) is 0 Å². The maximum Gasteiger partial charge on any atom is 0.0720 e. The van der Waals surface area contributed by atoms with Crippen molar-refractivity contribution in [2.45, 2.75) is 39.9 Å². The summed E-state index contributed by atoms with van der Waals surface area (Å²) in [5.74, 6) is 0. The molecule has 2 nitrogen and oxygen atoms in total. The molecule has 0 aromatic heterocycles.